The molecule has 0 saturated carbocycles. The van der Waals surface area contributed by atoms with Gasteiger partial charge in [0.05, 0.1) is 24.9 Å². The van der Waals surface area contributed by atoms with Gasteiger partial charge in [0.25, 0.3) is 0 Å². The number of unbranched alkanes of at least 4 members (excludes halogenated alkanes) is 2. The van der Waals surface area contributed by atoms with Crippen LogP contribution in [0.1, 0.15) is 49.0 Å². The Kier molecular flexibility index (Phi) is 6.41. The maximum absolute atomic E-state index is 12.3. The highest BCUT2D eigenvalue weighted by molar-refractivity contribution is 6.05. The Labute approximate surface area is 143 Å². The van der Waals surface area contributed by atoms with Crippen molar-refractivity contribution in [3.05, 3.63) is 29.5 Å². The molecule has 1 heterocycles. The second-order valence-electron chi connectivity index (χ2n) is 5.74. The van der Waals surface area contributed by atoms with Crippen molar-refractivity contribution in [1.82, 2.24) is 4.98 Å². The summed E-state index contributed by atoms with van der Waals surface area (Å²) in [7, 11) is 1.64. The van der Waals surface area contributed by atoms with Crippen molar-refractivity contribution in [3.63, 3.8) is 0 Å². The maximum atomic E-state index is 12.3. The summed E-state index contributed by atoms with van der Waals surface area (Å²) in [6.45, 7) is 7.09. The van der Waals surface area contributed by atoms with Gasteiger partial charge in [0, 0.05) is 18.1 Å². The number of nitrogens with one attached hydrogen (secondary N) is 1. The van der Waals surface area contributed by atoms with Crippen molar-refractivity contribution in [1.29, 1.82) is 0 Å². The molecule has 0 saturated heterocycles. The molecule has 130 valence electrons. The van der Waals surface area contributed by atoms with Crippen LogP contribution in [0.25, 0.3) is 10.9 Å². The maximum Gasteiger partial charge on any atom is 0.341 e. The molecular formula is C19H26N2O3. The average Bonchev–Trinajstić information content (AvgIpc) is 2.58. The van der Waals surface area contributed by atoms with E-state index in [1.807, 2.05) is 19.1 Å². The van der Waals surface area contributed by atoms with Crippen molar-refractivity contribution < 1.29 is 14.3 Å². The summed E-state index contributed by atoms with van der Waals surface area (Å²) in [5.41, 5.74) is 3.11. The smallest absolute Gasteiger partial charge is 0.341 e. The molecule has 2 aromatic rings. The SMILES string of the molecule is CCCCCNc1c(C(=O)OCC)cnc2c(C)cc(OC)cc12. The lowest BCUT2D eigenvalue weighted by Gasteiger charge is -2.16. The van der Waals surface area contributed by atoms with Crippen LogP contribution in [-0.2, 0) is 4.74 Å². The molecule has 0 aliphatic rings. The van der Waals surface area contributed by atoms with Crippen LogP contribution in [0.2, 0.25) is 0 Å². The number of esters is 1. The fourth-order valence-electron chi connectivity index (χ4n) is 2.71. The predicted octanol–water partition coefficient (Wildman–Crippen LogP) is 4.33. The molecule has 5 nitrogen and oxygen atoms in total. The third kappa shape index (κ3) is 3.96. The first kappa shape index (κ1) is 18.0. The minimum absolute atomic E-state index is 0.337. The van der Waals surface area contributed by atoms with Crippen LogP contribution in [0.5, 0.6) is 5.75 Å². The van der Waals surface area contributed by atoms with E-state index in [0.717, 1.165) is 53.7 Å². The number of carbonyl (C=O) groups excluding carboxylic acids is 1. The zero-order chi connectivity index (χ0) is 17.5. The Bertz CT molecular complexity index is 713. The first-order valence-corrected chi connectivity index (χ1v) is 8.50. The Morgan fingerprint density at radius 1 is 1.25 bits per heavy atom. The highest BCUT2D eigenvalue weighted by atomic mass is 16.5. The molecule has 0 aliphatic carbocycles. The fraction of sp³-hybridized carbons (Fsp3) is 0.474. The van der Waals surface area contributed by atoms with Gasteiger partial charge in [-0.15, -0.1) is 0 Å². The van der Waals surface area contributed by atoms with Gasteiger partial charge in [-0.2, -0.15) is 0 Å². The molecule has 1 aromatic carbocycles. The molecule has 24 heavy (non-hydrogen) atoms. The number of hydrogen-bond acceptors (Lipinski definition) is 5. The van der Waals surface area contributed by atoms with E-state index >= 15 is 0 Å². The van der Waals surface area contributed by atoms with Gasteiger partial charge < -0.3 is 14.8 Å². The van der Waals surface area contributed by atoms with Crippen molar-refractivity contribution in [2.24, 2.45) is 0 Å². The number of pyridine rings is 1. The summed E-state index contributed by atoms with van der Waals surface area (Å²) in [4.78, 5) is 16.8. The van der Waals surface area contributed by atoms with Gasteiger partial charge in [0.15, 0.2) is 0 Å². The van der Waals surface area contributed by atoms with E-state index in [1.54, 1.807) is 20.2 Å². The third-order valence-electron chi connectivity index (χ3n) is 3.95. The number of hydrogen-bond donors (Lipinski definition) is 1. The van der Waals surface area contributed by atoms with E-state index in [-0.39, 0.29) is 5.97 Å². The Hall–Kier alpha value is -2.30. The normalized spacial score (nSPS) is 10.7. The van der Waals surface area contributed by atoms with Gasteiger partial charge in [-0.05, 0) is 38.0 Å². The molecule has 2 rings (SSSR count). The number of rotatable bonds is 8. The van der Waals surface area contributed by atoms with Crippen LogP contribution < -0.4 is 10.1 Å². The topological polar surface area (TPSA) is 60.5 Å². The summed E-state index contributed by atoms with van der Waals surface area (Å²) in [6, 6.07) is 3.86. The molecule has 0 spiro atoms. The quantitative estimate of drug-likeness (QED) is 0.576. The predicted molar refractivity (Wildman–Crippen MR) is 97.0 cm³/mol. The molecule has 0 atom stereocenters. The number of nitrogens with zero attached hydrogens (tertiary/aromatic N) is 1. The second kappa shape index (κ2) is 8.52. The molecule has 0 fully saturated rings. The zero-order valence-electron chi connectivity index (χ0n) is 14.9. The number of anilines is 1. The molecule has 0 amide bonds. The lowest BCUT2D eigenvalue weighted by atomic mass is 10.0. The summed E-state index contributed by atoms with van der Waals surface area (Å²) in [6.07, 6.45) is 4.94. The number of carbonyl (C=O) groups is 1. The zero-order valence-corrected chi connectivity index (χ0v) is 14.9. The van der Waals surface area contributed by atoms with E-state index in [1.165, 1.54) is 0 Å². The van der Waals surface area contributed by atoms with Gasteiger partial charge >= 0.3 is 5.97 Å². The summed E-state index contributed by atoms with van der Waals surface area (Å²) in [5.74, 6) is 0.393. The van der Waals surface area contributed by atoms with E-state index in [4.69, 9.17) is 9.47 Å². The summed E-state index contributed by atoms with van der Waals surface area (Å²) in [5, 5.41) is 4.30. The minimum Gasteiger partial charge on any atom is -0.497 e. The highest BCUT2D eigenvalue weighted by Gasteiger charge is 2.18. The van der Waals surface area contributed by atoms with E-state index in [2.05, 4.69) is 17.2 Å². The summed E-state index contributed by atoms with van der Waals surface area (Å²) >= 11 is 0. The van der Waals surface area contributed by atoms with Crippen LogP contribution in [0, 0.1) is 6.92 Å². The molecule has 1 aromatic heterocycles. The van der Waals surface area contributed by atoms with Crippen molar-refractivity contribution >= 4 is 22.6 Å². The Balaban J connectivity index is 2.52. The number of aryl methyl sites for hydroxylation is 1. The van der Waals surface area contributed by atoms with Gasteiger partial charge in [0.1, 0.15) is 11.3 Å². The first-order chi connectivity index (χ1) is 11.6. The lowest BCUT2D eigenvalue weighted by molar-refractivity contribution is 0.0527. The molecule has 0 bridgehead atoms. The molecule has 5 heteroatoms. The molecular weight excluding hydrogens is 304 g/mol. The Morgan fingerprint density at radius 3 is 2.71 bits per heavy atom. The highest BCUT2D eigenvalue weighted by Crippen LogP contribution is 2.32. The van der Waals surface area contributed by atoms with E-state index in [0.29, 0.717) is 12.2 Å². The van der Waals surface area contributed by atoms with Crippen LogP contribution in [-0.4, -0.2) is 31.2 Å². The molecule has 0 radical (unpaired) electrons. The van der Waals surface area contributed by atoms with Crippen LogP contribution in [0.3, 0.4) is 0 Å². The summed E-state index contributed by atoms with van der Waals surface area (Å²) < 4.78 is 10.6. The fourth-order valence-corrected chi connectivity index (χ4v) is 2.71. The molecule has 0 aliphatic heterocycles. The standard InChI is InChI=1S/C19H26N2O3/c1-5-7-8-9-20-18-15-11-14(23-4)10-13(3)17(15)21-12-16(18)19(22)24-6-2/h10-12H,5-9H2,1-4H3,(H,20,21). The van der Waals surface area contributed by atoms with Gasteiger partial charge in [-0.25, -0.2) is 4.79 Å². The monoisotopic (exact) mass is 330 g/mol. The van der Waals surface area contributed by atoms with E-state index in [9.17, 15) is 4.79 Å². The average molecular weight is 330 g/mol. The van der Waals surface area contributed by atoms with Crippen molar-refractivity contribution in [2.45, 2.75) is 40.0 Å². The van der Waals surface area contributed by atoms with Crippen LogP contribution >= 0.6 is 0 Å². The minimum atomic E-state index is -0.356. The number of methoxy groups -OCH3 is 1. The van der Waals surface area contributed by atoms with Gasteiger partial charge in [0.2, 0.25) is 0 Å². The lowest BCUT2D eigenvalue weighted by Crippen LogP contribution is -2.12. The van der Waals surface area contributed by atoms with Crippen LogP contribution in [0.15, 0.2) is 18.3 Å². The van der Waals surface area contributed by atoms with Crippen LogP contribution in [0.4, 0.5) is 5.69 Å². The Morgan fingerprint density at radius 2 is 2.04 bits per heavy atom. The number of benzene rings is 1. The molecule has 0 unspecified atom stereocenters. The van der Waals surface area contributed by atoms with Gasteiger partial charge in [-0.3, -0.25) is 4.98 Å². The third-order valence-corrected chi connectivity index (χ3v) is 3.95. The largest absolute Gasteiger partial charge is 0.497 e. The van der Waals surface area contributed by atoms with Gasteiger partial charge in [-0.1, -0.05) is 19.8 Å². The van der Waals surface area contributed by atoms with Crippen molar-refractivity contribution in [3.8, 4) is 5.75 Å². The van der Waals surface area contributed by atoms with Crippen molar-refractivity contribution in [2.75, 3.05) is 25.6 Å². The second-order valence-corrected chi connectivity index (χ2v) is 5.74. The molecule has 1 N–H and O–H groups in total. The number of aromatic nitrogens is 1. The van der Waals surface area contributed by atoms with E-state index < -0.39 is 0 Å². The first-order valence-electron chi connectivity index (χ1n) is 8.50. The number of fused-ring (bicyclic) bond motifs is 1. The number of ether oxygens (including phenoxy) is 2.